The highest BCUT2D eigenvalue weighted by Gasteiger charge is 2.51. The van der Waals surface area contributed by atoms with E-state index in [-0.39, 0.29) is 23.4 Å². The van der Waals surface area contributed by atoms with E-state index in [1.807, 2.05) is 20.1 Å². The molecule has 0 spiro atoms. The van der Waals surface area contributed by atoms with Crippen molar-refractivity contribution in [3.8, 4) is 0 Å². The summed E-state index contributed by atoms with van der Waals surface area (Å²) in [7, 11) is 0. The van der Waals surface area contributed by atoms with E-state index in [1.165, 1.54) is 11.1 Å². The van der Waals surface area contributed by atoms with E-state index in [0.29, 0.717) is 11.8 Å². The summed E-state index contributed by atoms with van der Waals surface area (Å²) in [6.45, 7) is 10.7. The van der Waals surface area contributed by atoms with Gasteiger partial charge in [0, 0.05) is 12.3 Å². The molecule has 2 aliphatic rings. The van der Waals surface area contributed by atoms with Crippen molar-refractivity contribution in [2.45, 2.75) is 66.4 Å². The number of hydrogen-bond donors (Lipinski definition) is 0. The Morgan fingerprint density at radius 3 is 2.82 bits per heavy atom. The third-order valence-corrected chi connectivity index (χ3v) is 6.20. The minimum Gasteiger partial charge on any atom is -0.469 e. The van der Waals surface area contributed by atoms with E-state index in [2.05, 4.69) is 20.8 Å². The number of carbonyl (C=O) groups excluding carboxylic acids is 1. The fourth-order valence-corrected chi connectivity index (χ4v) is 4.34. The van der Waals surface area contributed by atoms with E-state index in [0.717, 1.165) is 31.4 Å². The van der Waals surface area contributed by atoms with Crippen molar-refractivity contribution in [3.05, 3.63) is 23.2 Å². The van der Waals surface area contributed by atoms with Gasteiger partial charge in [0.2, 0.25) is 0 Å². The molecule has 1 heterocycles. The van der Waals surface area contributed by atoms with Crippen LogP contribution in [0.3, 0.4) is 0 Å². The van der Waals surface area contributed by atoms with Crippen molar-refractivity contribution in [3.63, 3.8) is 0 Å². The Labute approximate surface area is 133 Å². The summed E-state index contributed by atoms with van der Waals surface area (Å²) < 4.78 is 11.7. The van der Waals surface area contributed by atoms with Crippen LogP contribution >= 0.6 is 0 Å². The van der Waals surface area contributed by atoms with E-state index >= 15 is 0 Å². The highest BCUT2D eigenvalue weighted by atomic mass is 16.5. The van der Waals surface area contributed by atoms with E-state index in [9.17, 15) is 4.79 Å². The molecule has 0 N–H and O–H groups in total. The molecule has 1 saturated carbocycles. The van der Waals surface area contributed by atoms with Crippen molar-refractivity contribution in [2.75, 3.05) is 0 Å². The van der Waals surface area contributed by atoms with Crippen molar-refractivity contribution >= 4 is 5.97 Å². The monoisotopic (exact) mass is 304 g/mol. The van der Waals surface area contributed by atoms with E-state index < -0.39 is 0 Å². The van der Waals surface area contributed by atoms with Gasteiger partial charge in [-0.3, -0.25) is 4.79 Å². The second kappa shape index (κ2) is 5.43. The number of rotatable bonds is 2. The van der Waals surface area contributed by atoms with Crippen LogP contribution in [0.4, 0.5) is 0 Å². The van der Waals surface area contributed by atoms with Crippen molar-refractivity contribution in [1.82, 2.24) is 0 Å². The lowest BCUT2D eigenvalue weighted by Crippen LogP contribution is -2.51. The fourth-order valence-electron chi connectivity index (χ4n) is 4.34. The quantitative estimate of drug-likeness (QED) is 0.764. The van der Waals surface area contributed by atoms with Crippen LogP contribution in [-0.4, -0.2) is 12.1 Å². The van der Waals surface area contributed by atoms with Crippen LogP contribution in [0.15, 0.2) is 10.7 Å². The molecule has 3 heteroatoms. The topological polar surface area (TPSA) is 39.4 Å². The lowest BCUT2D eigenvalue weighted by Gasteiger charge is -2.52. The Hall–Kier alpha value is -1.25. The van der Waals surface area contributed by atoms with Gasteiger partial charge < -0.3 is 9.15 Å². The van der Waals surface area contributed by atoms with Gasteiger partial charge in [-0.05, 0) is 48.6 Å². The minimum atomic E-state index is -0.0664. The molecule has 1 fully saturated rings. The number of carbonyl (C=O) groups is 1. The summed E-state index contributed by atoms with van der Waals surface area (Å²) in [6.07, 6.45) is 5.98. The summed E-state index contributed by atoms with van der Waals surface area (Å²) in [5.74, 6) is 2.00. The average molecular weight is 304 g/mol. The Bertz CT molecular complexity index is 571. The number of ether oxygens (including phenoxy) is 1. The molecule has 2 aliphatic carbocycles. The SMILES string of the molecule is Cc1coc2c1C[C@]1(C)[C@@H](C)CC[C@@H](OC(=O)C(C)C)[C@@H]1C2. The molecule has 0 amide bonds. The molecule has 3 nitrogen and oxygen atoms in total. The molecule has 0 bridgehead atoms. The van der Waals surface area contributed by atoms with Gasteiger partial charge in [-0.25, -0.2) is 0 Å². The Morgan fingerprint density at radius 1 is 1.41 bits per heavy atom. The molecule has 0 unspecified atom stereocenters. The first kappa shape index (κ1) is 15.6. The largest absolute Gasteiger partial charge is 0.469 e. The second-order valence-corrected chi connectivity index (χ2v) is 7.92. The summed E-state index contributed by atoms with van der Waals surface area (Å²) in [4.78, 5) is 12.1. The predicted octanol–water partition coefficient (Wildman–Crippen LogP) is 4.31. The molecular formula is C19H28O3. The van der Waals surface area contributed by atoms with Crippen LogP contribution in [0.2, 0.25) is 0 Å². The maximum Gasteiger partial charge on any atom is 0.308 e. The van der Waals surface area contributed by atoms with E-state index in [1.54, 1.807) is 0 Å². The molecule has 4 atom stereocenters. The first-order valence-electron chi connectivity index (χ1n) is 8.59. The summed E-state index contributed by atoms with van der Waals surface area (Å²) >= 11 is 0. The Morgan fingerprint density at radius 2 is 2.14 bits per heavy atom. The average Bonchev–Trinajstić information content (AvgIpc) is 2.81. The van der Waals surface area contributed by atoms with Crippen LogP contribution in [0.1, 0.15) is 57.4 Å². The molecular weight excluding hydrogens is 276 g/mol. The van der Waals surface area contributed by atoms with Crippen LogP contribution in [0, 0.1) is 30.1 Å². The third-order valence-electron chi connectivity index (χ3n) is 6.20. The van der Waals surface area contributed by atoms with Gasteiger partial charge in [0.25, 0.3) is 0 Å². The summed E-state index contributed by atoms with van der Waals surface area (Å²) in [5, 5.41) is 0. The van der Waals surface area contributed by atoms with Gasteiger partial charge in [-0.2, -0.15) is 0 Å². The fraction of sp³-hybridized carbons (Fsp3) is 0.737. The van der Waals surface area contributed by atoms with Gasteiger partial charge in [-0.15, -0.1) is 0 Å². The molecule has 122 valence electrons. The zero-order valence-corrected chi connectivity index (χ0v) is 14.4. The van der Waals surface area contributed by atoms with Crippen molar-refractivity contribution < 1.29 is 13.9 Å². The maximum absolute atomic E-state index is 12.1. The molecule has 1 aromatic rings. The lowest BCUT2D eigenvalue weighted by molar-refractivity contribution is -0.165. The molecule has 0 radical (unpaired) electrons. The first-order valence-corrected chi connectivity index (χ1v) is 8.59. The van der Waals surface area contributed by atoms with Gasteiger partial charge in [0.05, 0.1) is 12.2 Å². The molecule has 3 rings (SSSR count). The normalized spacial score (nSPS) is 34.2. The van der Waals surface area contributed by atoms with Crippen LogP contribution in [-0.2, 0) is 22.4 Å². The number of fused-ring (bicyclic) bond motifs is 2. The zero-order valence-electron chi connectivity index (χ0n) is 14.4. The minimum absolute atomic E-state index is 0.0367. The van der Waals surface area contributed by atoms with Crippen LogP contribution in [0.25, 0.3) is 0 Å². The maximum atomic E-state index is 12.1. The van der Waals surface area contributed by atoms with Gasteiger partial charge in [0.1, 0.15) is 11.9 Å². The second-order valence-electron chi connectivity index (χ2n) is 7.92. The molecule has 0 aliphatic heterocycles. The van der Waals surface area contributed by atoms with Gasteiger partial charge >= 0.3 is 5.97 Å². The molecule has 22 heavy (non-hydrogen) atoms. The van der Waals surface area contributed by atoms with Crippen LogP contribution in [0.5, 0.6) is 0 Å². The predicted molar refractivity (Wildman–Crippen MR) is 85.6 cm³/mol. The number of furan rings is 1. The molecule has 1 aromatic heterocycles. The molecule has 0 saturated heterocycles. The van der Waals surface area contributed by atoms with Gasteiger partial charge in [0.15, 0.2) is 0 Å². The summed E-state index contributed by atoms with van der Waals surface area (Å²) in [5.41, 5.74) is 2.85. The van der Waals surface area contributed by atoms with Crippen molar-refractivity contribution in [2.24, 2.45) is 23.2 Å². The first-order chi connectivity index (χ1) is 10.3. The van der Waals surface area contributed by atoms with E-state index in [4.69, 9.17) is 9.15 Å². The number of hydrogen-bond acceptors (Lipinski definition) is 3. The lowest BCUT2D eigenvalue weighted by atomic mass is 9.54. The molecule has 0 aromatic carbocycles. The third kappa shape index (κ3) is 2.39. The standard InChI is InChI=1S/C19H28O3/c1-11(2)18(20)22-16-7-6-13(4)19(5)9-14-12(3)10-21-17(14)8-15(16)19/h10-11,13,15-16H,6-9H2,1-5H3/t13-,15-,16+,19+/m0/s1. The van der Waals surface area contributed by atoms with Crippen molar-refractivity contribution in [1.29, 1.82) is 0 Å². The van der Waals surface area contributed by atoms with Crippen LogP contribution < -0.4 is 0 Å². The van der Waals surface area contributed by atoms with Gasteiger partial charge in [-0.1, -0.05) is 27.7 Å². The zero-order chi connectivity index (χ0) is 16.1. The number of esters is 1. The Balaban J connectivity index is 1.90. The smallest absolute Gasteiger partial charge is 0.308 e. The Kier molecular flexibility index (Phi) is 3.86. The summed E-state index contributed by atoms with van der Waals surface area (Å²) in [6, 6.07) is 0. The number of aryl methyl sites for hydroxylation is 1. The highest BCUT2D eigenvalue weighted by Crippen LogP contribution is 2.53. The highest BCUT2D eigenvalue weighted by molar-refractivity contribution is 5.71.